The topological polar surface area (TPSA) is 57.5 Å². The van der Waals surface area contributed by atoms with Gasteiger partial charge in [-0.05, 0) is 42.3 Å². The molecule has 0 saturated carbocycles. The highest BCUT2D eigenvalue weighted by Gasteiger charge is 2.39. The van der Waals surface area contributed by atoms with Gasteiger partial charge in [0.25, 0.3) is 5.79 Å². The predicted molar refractivity (Wildman–Crippen MR) is 136 cm³/mol. The van der Waals surface area contributed by atoms with Gasteiger partial charge in [0.1, 0.15) is 5.57 Å². The number of cyclic esters (lactones) is 2. The summed E-state index contributed by atoms with van der Waals surface area (Å²) in [6.45, 7) is 5.12. The molecule has 0 atom stereocenters. The number of rotatable bonds is 4. The maximum atomic E-state index is 12.7. The van der Waals surface area contributed by atoms with E-state index in [1.165, 1.54) is 13.8 Å². The molecule has 0 bridgehead atoms. The Balaban J connectivity index is 1.80. The van der Waals surface area contributed by atoms with Crippen LogP contribution < -0.4 is 0 Å². The van der Waals surface area contributed by atoms with E-state index < -0.39 is 17.7 Å². The van der Waals surface area contributed by atoms with Crippen LogP contribution in [0.4, 0.5) is 0 Å². The van der Waals surface area contributed by atoms with Crippen molar-refractivity contribution in [3.8, 4) is 28.2 Å². The Kier molecular flexibility index (Phi) is 5.61. The summed E-state index contributed by atoms with van der Waals surface area (Å²) in [6, 6.07) is 30.2. The van der Waals surface area contributed by atoms with Crippen LogP contribution in [-0.2, 0) is 19.1 Å². The number of aromatic nitrogens is 1. The average molecular weight is 464 g/mol. The number of hydrogen-bond acceptors (Lipinski definition) is 4. The number of carbonyl (C=O) groups excluding carboxylic acids is 2. The lowest BCUT2D eigenvalue weighted by Crippen LogP contribution is -2.41. The van der Waals surface area contributed by atoms with E-state index in [0.29, 0.717) is 5.56 Å². The SMILES string of the molecule is Cc1ccc(-n2c(-c3ccccc3)cc(C=C3C(=O)OC(C)(C)OC3=O)c2-c2ccccc2)cc1. The molecule has 0 radical (unpaired) electrons. The van der Waals surface area contributed by atoms with Crippen LogP contribution in [0.3, 0.4) is 0 Å². The van der Waals surface area contributed by atoms with Crippen LogP contribution in [0.5, 0.6) is 0 Å². The summed E-state index contributed by atoms with van der Waals surface area (Å²) in [5.41, 5.74) is 6.42. The fourth-order valence-corrected chi connectivity index (χ4v) is 4.25. The molecule has 1 aromatic heterocycles. The quantitative estimate of drug-likeness (QED) is 0.201. The van der Waals surface area contributed by atoms with E-state index in [2.05, 4.69) is 28.8 Å². The lowest BCUT2D eigenvalue weighted by atomic mass is 10.0. The first-order valence-corrected chi connectivity index (χ1v) is 11.4. The number of nitrogens with zero attached hydrogens (tertiary/aromatic N) is 1. The molecule has 174 valence electrons. The maximum absolute atomic E-state index is 12.7. The van der Waals surface area contributed by atoms with E-state index in [0.717, 1.165) is 33.8 Å². The van der Waals surface area contributed by atoms with Gasteiger partial charge >= 0.3 is 11.9 Å². The van der Waals surface area contributed by atoms with Gasteiger partial charge in [0.15, 0.2) is 0 Å². The van der Waals surface area contributed by atoms with Gasteiger partial charge in [0.2, 0.25) is 0 Å². The number of carbonyl (C=O) groups is 2. The molecular weight excluding hydrogens is 438 g/mol. The number of ether oxygens (including phenoxy) is 2. The van der Waals surface area contributed by atoms with E-state index in [4.69, 9.17) is 9.47 Å². The van der Waals surface area contributed by atoms with E-state index >= 15 is 0 Å². The second-order valence-electron chi connectivity index (χ2n) is 8.97. The number of esters is 2. The number of benzene rings is 3. The van der Waals surface area contributed by atoms with Crippen molar-refractivity contribution in [3.63, 3.8) is 0 Å². The van der Waals surface area contributed by atoms with Crippen molar-refractivity contribution in [1.29, 1.82) is 0 Å². The summed E-state index contributed by atoms with van der Waals surface area (Å²) in [5.74, 6) is -2.69. The molecule has 3 aromatic carbocycles. The first-order valence-electron chi connectivity index (χ1n) is 11.4. The first kappa shape index (κ1) is 22.4. The molecule has 1 aliphatic rings. The lowest BCUT2D eigenvalue weighted by Gasteiger charge is -2.29. The van der Waals surface area contributed by atoms with Gasteiger partial charge in [-0.25, -0.2) is 9.59 Å². The van der Waals surface area contributed by atoms with Crippen LogP contribution in [-0.4, -0.2) is 22.3 Å². The Labute approximate surface area is 204 Å². The van der Waals surface area contributed by atoms with Gasteiger partial charge < -0.3 is 14.0 Å². The molecule has 1 fully saturated rings. The molecule has 0 unspecified atom stereocenters. The van der Waals surface area contributed by atoms with Gasteiger partial charge in [0.05, 0.1) is 11.4 Å². The average Bonchev–Trinajstić information content (AvgIpc) is 3.22. The zero-order valence-electron chi connectivity index (χ0n) is 19.8. The van der Waals surface area contributed by atoms with Crippen molar-refractivity contribution in [3.05, 3.63) is 108 Å². The fourth-order valence-electron chi connectivity index (χ4n) is 4.25. The van der Waals surface area contributed by atoms with Crippen molar-refractivity contribution < 1.29 is 19.1 Å². The summed E-state index contributed by atoms with van der Waals surface area (Å²) in [6.07, 6.45) is 1.57. The van der Waals surface area contributed by atoms with Crippen LogP contribution >= 0.6 is 0 Å². The molecule has 35 heavy (non-hydrogen) atoms. The smallest absolute Gasteiger partial charge is 0.348 e. The van der Waals surface area contributed by atoms with Crippen LogP contribution in [0.25, 0.3) is 34.3 Å². The minimum Gasteiger partial charge on any atom is -0.419 e. The summed E-state index contributed by atoms with van der Waals surface area (Å²) in [5, 5.41) is 0. The fraction of sp³-hybridized carbons (Fsp3) is 0.133. The Hall–Kier alpha value is -4.38. The molecule has 1 saturated heterocycles. The zero-order valence-corrected chi connectivity index (χ0v) is 19.8. The van der Waals surface area contributed by atoms with Crippen molar-refractivity contribution in [2.24, 2.45) is 0 Å². The molecule has 5 rings (SSSR count). The summed E-state index contributed by atoms with van der Waals surface area (Å²) >= 11 is 0. The molecule has 0 aliphatic carbocycles. The van der Waals surface area contributed by atoms with E-state index in [-0.39, 0.29) is 5.57 Å². The highest BCUT2D eigenvalue weighted by molar-refractivity contribution is 6.19. The molecule has 5 heteroatoms. The molecule has 5 nitrogen and oxygen atoms in total. The minimum absolute atomic E-state index is 0.137. The van der Waals surface area contributed by atoms with Gasteiger partial charge in [-0.15, -0.1) is 0 Å². The maximum Gasteiger partial charge on any atom is 0.348 e. The molecule has 2 heterocycles. The standard InChI is InChI=1S/C30H25NO4/c1-20-14-16-24(17-15-20)31-26(21-10-6-4-7-11-21)19-23(27(31)22-12-8-5-9-13-22)18-25-28(32)34-30(2,3)35-29(25)33/h4-19H,1-3H3. The van der Waals surface area contributed by atoms with Crippen LogP contribution in [0.15, 0.2) is 96.6 Å². The third kappa shape index (κ3) is 4.41. The van der Waals surface area contributed by atoms with Crippen molar-refractivity contribution in [2.45, 2.75) is 26.6 Å². The minimum atomic E-state index is -1.29. The summed E-state index contributed by atoms with van der Waals surface area (Å²) < 4.78 is 12.8. The Morgan fingerprint density at radius 3 is 1.86 bits per heavy atom. The predicted octanol–water partition coefficient (Wildman–Crippen LogP) is 6.34. The molecule has 0 N–H and O–H groups in total. The second-order valence-corrected chi connectivity index (χ2v) is 8.97. The Morgan fingerprint density at radius 1 is 0.743 bits per heavy atom. The third-order valence-corrected chi connectivity index (χ3v) is 5.86. The normalized spacial score (nSPS) is 14.9. The first-order chi connectivity index (χ1) is 16.8. The van der Waals surface area contributed by atoms with E-state index in [1.807, 2.05) is 73.7 Å². The van der Waals surface area contributed by atoms with E-state index in [9.17, 15) is 9.59 Å². The second kappa shape index (κ2) is 8.76. The Morgan fingerprint density at radius 2 is 1.29 bits per heavy atom. The van der Waals surface area contributed by atoms with Gasteiger partial charge in [0, 0.05) is 25.1 Å². The zero-order chi connectivity index (χ0) is 24.6. The van der Waals surface area contributed by atoms with Gasteiger partial charge in [-0.3, -0.25) is 0 Å². The van der Waals surface area contributed by atoms with Crippen molar-refractivity contribution >= 4 is 18.0 Å². The van der Waals surface area contributed by atoms with Crippen LogP contribution in [0.2, 0.25) is 0 Å². The van der Waals surface area contributed by atoms with Crippen LogP contribution in [0.1, 0.15) is 25.0 Å². The highest BCUT2D eigenvalue weighted by Crippen LogP contribution is 2.38. The van der Waals surface area contributed by atoms with Gasteiger partial charge in [-0.1, -0.05) is 78.4 Å². The summed E-state index contributed by atoms with van der Waals surface area (Å²) in [4.78, 5) is 25.5. The van der Waals surface area contributed by atoms with Crippen molar-refractivity contribution in [1.82, 2.24) is 4.57 Å². The highest BCUT2D eigenvalue weighted by atomic mass is 16.7. The molecule has 0 amide bonds. The Bertz CT molecular complexity index is 1410. The molecule has 0 spiro atoms. The summed E-state index contributed by atoms with van der Waals surface area (Å²) in [7, 11) is 0. The van der Waals surface area contributed by atoms with Gasteiger partial charge in [-0.2, -0.15) is 0 Å². The lowest BCUT2D eigenvalue weighted by molar-refractivity contribution is -0.222. The number of aryl methyl sites for hydroxylation is 1. The monoisotopic (exact) mass is 463 g/mol. The molecular formula is C30H25NO4. The third-order valence-electron chi connectivity index (χ3n) is 5.86. The molecule has 4 aromatic rings. The largest absolute Gasteiger partial charge is 0.419 e. The number of hydrogen-bond donors (Lipinski definition) is 0. The van der Waals surface area contributed by atoms with Crippen molar-refractivity contribution in [2.75, 3.05) is 0 Å². The van der Waals surface area contributed by atoms with E-state index in [1.54, 1.807) is 6.08 Å². The van der Waals surface area contributed by atoms with Crippen LogP contribution in [0, 0.1) is 6.92 Å². The molecule has 1 aliphatic heterocycles.